The molecule has 0 saturated heterocycles. The molecule has 0 aliphatic carbocycles. The Bertz CT molecular complexity index is 1200. The number of benzene rings is 2. The molecule has 0 fully saturated rings. The van der Waals surface area contributed by atoms with E-state index in [1.165, 1.54) is 18.0 Å². The molecule has 0 radical (unpaired) electrons. The van der Waals surface area contributed by atoms with E-state index in [4.69, 9.17) is 0 Å². The molecule has 0 bridgehead atoms. The molecule has 0 spiro atoms. The summed E-state index contributed by atoms with van der Waals surface area (Å²) >= 11 is 1.56. The van der Waals surface area contributed by atoms with Crippen LogP contribution in [0.25, 0.3) is 16.3 Å². The van der Waals surface area contributed by atoms with Gasteiger partial charge in [-0.3, -0.25) is 0 Å². The van der Waals surface area contributed by atoms with Gasteiger partial charge in [0.1, 0.15) is 9.90 Å². The van der Waals surface area contributed by atoms with Crippen molar-refractivity contribution < 1.29 is 8.42 Å². The van der Waals surface area contributed by atoms with Crippen molar-refractivity contribution in [2.75, 3.05) is 6.54 Å². The maximum absolute atomic E-state index is 12.5. The summed E-state index contributed by atoms with van der Waals surface area (Å²) in [4.78, 5) is 4.75. The quantitative estimate of drug-likeness (QED) is 0.489. The lowest BCUT2D eigenvalue weighted by Gasteiger charge is -2.03. The fourth-order valence-corrected chi connectivity index (χ4v) is 4.64. The fraction of sp³-hybridized carbons (Fsp3) is 0.143. The Labute approximate surface area is 173 Å². The van der Waals surface area contributed by atoms with E-state index in [-0.39, 0.29) is 11.4 Å². The van der Waals surface area contributed by atoms with Gasteiger partial charge in [0, 0.05) is 23.9 Å². The molecule has 2 aromatic heterocycles. The molecular weight excluding hydrogens is 404 g/mol. The van der Waals surface area contributed by atoms with Crippen molar-refractivity contribution in [3.63, 3.8) is 0 Å². The predicted molar refractivity (Wildman–Crippen MR) is 115 cm³/mol. The van der Waals surface area contributed by atoms with Gasteiger partial charge >= 0.3 is 0 Å². The van der Waals surface area contributed by atoms with Crippen molar-refractivity contribution in [2.45, 2.75) is 18.2 Å². The number of rotatable bonds is 7. The first-order valence-electron chi connectivity index (χ1n) is 9.12. The molecule has 6 nitrogen and oxygen atoms in total. The van der Waals surface area contributed by atoms with Crippen LogP contribution >= 0.6 is 11.3 Å². The summed E-state index contributed by atoms with van der Waals surface area (Å²) in [6.45, 7) is 2.32. The first-order chi connectivity index (χ1) is 14.0. The van der Waals surface area contributed by atoms with Crippen LogP contribution in [0.2, 0.25) is 0 Å². The lowest BCUT2D eigenvalue weighted by atomic mass is 10.2. The summed E-state index contributed by atoms with van der Waals surface area (Å²) in [7, 11) is -3.63. The largest absolute Gasteiger partial charge is 0.243 e. The van der Waals surface area contributed by atoms with Crippen molar-refractivity contribution in [1.29, 1.82) is 0 Å². The van der Waals surface area contributed by atoms with Gasteiger partial charge in [-0.25, -0.2) is 22.8 Å². The molecule has 2 aromatic carbocycles. The number of nitrogens with one attached hydrogen (secondary N) is 1. The molecule has 0 saturated carbocycles. The van der Waals surface area contributed by atoms with E-state index < -0.39 is 10.0 Å². The summed E-state index contributed by atoms with van der Waals surface area (Å²) in [6.07, 6.45) is 3.39. The van der Waals surface area contributed by atoms with Crippen LogP contribution in [0.4, 0.5) is 0 Å². The lowest BCUT2D eigenvalue weighted by molar-refractivity contribution is 0.581. The third-order valence-electron chi connectivity index (χ3n) is 4.41. The normalized spacial score (nSPS) is 11.6. The molecule has 29 heavy (non-hydrogen) atoms. The van der Waals surface area contributed by atoms with Crippen LogP contribution < -0.4 is 4.72 Å². The lowest BCUT2D eigenvalue weighted by Crippen LogP contribution is -2.25. The number of hydrogen-bond acceptors (Lipinski definition) is 5. The second-order valence-corrected chi connectivity index (χ2v) is 9.24. The van der Waals surface area contributed by atoms with Crippen molar-refractivity contribution in [3.05, 3.63) is 83.6 Å². The molecular formula is C21H20N4O2S2. The topological polar surface area (TPSA) is 76.9 Å². The number of thiazole rings is 1. The summed E-state index contributed by atoms with van der Waals surface area (Å²) in [5, 5.41) is 7.06. The number of aryl methyl sites for hydroxylation is 1. The fourth-order valence-electron chi connectivity index (χ4n) is 2.81. The number of sulfonamides is 1. The SMILES string of the molecule is Cc1ccc(-c2nc(CCNS(=O)(=O)c3cnn(-c4ccccc4)c3)cs2)cc1. The van der Waals surface area contributed by atoms with Crippen molar-refractivity contribution in [3.8, 4) is 16.3 Å². The van der Waals surface area contributed by atoms with Crippen LogP contribution in [0.15, 0.2) is 77.3 Å². The molecule has 0 aliphatic rings. The van der Waals surface area contributed by atoms with Crippen molar-refractivity contribution >= 4 is 21.4 Å². The zero-order chi connectivity index (χ0) is 20.3. The number of para-hydroxylation sites is 1. The maximum atomic E-state index is 12.5. The Balaban J connectivity index is 1.38. The highest BCUT2D eigenvalue weighted by Gasteiger charge is 2.17. The molecule has 2 heterocycles. The Morgan fingerprint density at radius 1 is 1.07 bits per heavy atom. The van der Waals surface area contributed by atoms with Crippen LogP contribution in [-0.2, 0) is 16.4 Å². The van der Waals surface area contributed by atoms with Crippen LogP contribution in [0.5, 0.6) is 0 Å². The molecule has 0 unspecified atom stereocenters. The smallest absolute Gasteiger partial charge is 0.241 e. The molecule has 4 rings (SSSR count). The molecule has 4 aromatic rings. The van der Waals surface area contributed by atoms with Gasteiger partial charge in [0.2, 0.25) is 10.0 Å². The van der Waals surface area contributed by atoms with Gasteiger partial charge in [0.25, 0.3) is 0 Å². The third kappa shape index (κ3) is 4.61. The van der Waals surface area contributed by atoms with Crippen molar-refractivity contribution in [2.24, 2.45) is 0 Å². The monoisotopic (exact) mass is 424 g/mol. The van der Waals surface area contributed by atoms with Gasteiger partial charge in [0.05, 0.1) is 23.8 Å². The Hall–Kier alpha value is -2.81. The highest BCUT2D eigenvalue weighted by atomic mass is 32.2. The summed E-state index contributed by atoms with van der Waals surface area (Å²) in [5.41, 5.74) is 3.95. The van der Waals surface area contributed by atoms with Crippen LogP contribution in [-0.4, -0.2) is 29.7 Å². The molecule has 148 valence electrons. The summed E-state index contributed by atoms with van der Waals surface area (Å²) in [5.74, 6) is 0. The highest BCUT2D eigenvalue weighted by Crippen LogP contribution is 2.24. The number of nitrogens with zero attached hydrogens (tertiary/aromatic N) is 3. The van der Waals surface area contributed by atoms with E-state index in [2.05, 4.69) is 26.9 Å². The number of hydrogen-bond donors (Lipinski definition) is 1. The van der Waals surface area contributed by atoms with Crippen LogP contribution in [0, 0.1) is 6.92 Å². The van der Waals surface area contributed by atoms with Gasteiger partial charge in [0.15, 0.2) is 0 Å². The van der Waals surface area contributed by atoms with Crippen LogP contribution in [0.1, 0.15) is 11.3 Å². The Morgan fingerprint density at radius 2 is 1.83 bits per heavy atom. The first kappa shape index (κ1) is 19.5. The van der Waals surface area contributed by atoms with E-state index in [9.17, 15) is 8.42 Å². The van der Waals surface area contributed by atoms with Crippen molar-refractivity contribution in [1.82, 2.24) is 19.5 Å². The van der Waals surface area contributed by atoms with E-state index in [1.807, 2.05) is 54.8 Å². The van der Waals surface area contributed by atoms with Gasteiger partial charge < -0.3 is 0 Å². The van der Waals surface area contributed by atoms with E-state index in [0.717, 1.165) is 22.0 Å². The van der Waals surface area contributed by atoms with E-state index in [0.29, 0.717) is 6.42 Å². The van der Waals surface area contributed by atoms with Gasteiger partial charge in [-0.1, -0.05) is 48.0 Å². The number of aromatic nitrogens is 3. The second kappa shape index (κ2) is 8.28. The Kier molecular flexibility index (Phi) is 5.57. The second-order valence-electron chi connectivity index (χ2n) is 6.61. The van der Waals surface area contributed by atoms with Gasteiger partial charge in [-0.05, 0) is 19.1 Å². The van der Waals surface area contributed by atoms with E-state index in [1.54, 1.807) is 16.0 Å². The molecule has 0 aliphatic heterocycles. The van der Waals surface area contributed by atoms with Gasteiger partial charge in [-0.2, -0.15) is 5.10 Å². The summed E-state index contributed by atoms with van der Waals surface area (Å²) < 4.78 is 29.3. The van der Waals surface area contributed by atoms with Gasteiger partial charge in [-0.15, -0.1) is 11.3 Å². The average Bonchev–Trinajstić information content (AvgIpc) is 3.40. The summed E-state index contributed by atoms with van der Waals surface area (Å²) in [6, 6.07) is 17.6. The maximum Gasteiger partial charge on any atom is 0.243 e. The molecule has 0 atom stereocenters. The molecule has 1 N–H and O–H groups in total. The highest BCUT2D eigenvalue weighted by molar-refractivity contribution is 7.89. The third-order valence-corrected chi connectivity index (χ3v) is 6.77. The average molecular weight is 425 g/mol. The zero-order valence-electron chi connectivity index (χ0n) is 15.8. The minimum atomic E-state index is -3.63. The standard InChI is InChI=1S/C21H20N4O2S2/c1-16-7-9-17(10-8-16)21-24-18(15-28-21)11-12-23-29(26,27)20-13-22-25(14-20)19-5-3-2-4-6-19/h2-10,13-15,23H,11-12H2,1H3. The zero-order valence-corrected chi connectivity index (χ0v) is 17.5. The Morgan fingerprint density at radius 3 is 2.59 bits per heavy atom. The van der Waals surface area contributed by atoms with E-state index >= 15 is 0 Å². The van der Waals surface area contributed by atoms with Crippen LogP contribution in [0.3, 0.4) is 0 Å². The minimum Gasteiger partial charge on any atom is -0.241 e. The minimum absolute atomic E-state index is 0.139. The molecule has 8 heteroatoms. The first-order valence-corrected chi connectivity index (χ1v) is 11.5. The predicted octanol–water partition coefficient (Wildman–Crippen LogP) is 3.83. The molecule has 0 amide bonds.